The average Bonchev–Trinajstić information content (AvgIpc) is 2.39. The number of rotatable bonds is 3. The summed E-state index contributed by atoms with van der Waals surface area (Å²) in [4.78, 5) is 19.5. The van der Waals surface area contributed by atoms with Crippen molar-refractivity contribution in [2.45, 2.75) is 4.83 Å². The van der Waals surface area contributed by atoms with Crippen LogP contribution in [0, 0.1) is 0 Å². The summed E-state index contributed by atoms with van der Waals surface area (Å²) in [5.74, 6) is 0.0219. The number of carbonyl (C=O) groups is 1. The maximum atomic E-state index is 12.1. The zero-order chi connectivity index (χ0) is 11.4. The van der Waals surface area contributed by atoms with Crippen molar-refractivity contribution in [1.29, 1.82) is 0 Å². The van der Waals surface area contributed by atoms with E-state index in [1.54, 1.807) is 36.9 Å². The summed E-state index contributed by atoms with van der Waals surface area (Å²) in [5, 5.41) is 0. The minimum Gasteiger partial charge on any atom is -0.293 e. The first-order valence-electron chi connectivity index (χ1n) is 4.77. The number of hydrogen-bond donors (Lipinski definition) is 0. The fourth-order valence-electron chi connectivity index (χ4n) is 1.35. The lowest BCUT2D eigenvalue weighted by atomic mass is 10.1. The molecule has 3 nitrogen and oxygen atoms in total. The summed E-state index contributed by atoms with van der Waals surface area (Å²) in [5.41, 5.74) is 1.55. The van der Waals surface area contributed by atoms with Crippen LogP contribution in [-0.2, 0) is 0 Å². The number of Topliss-reactive ketones (excluding diaryl/α,β-unsaturated/α-hetero) is 1. The van der Waals surface area contributed by atoms with Gasteiger partial charge in [-0.15, -0.1) is 0 Å². The minimum absolute atomic E-state index is 0.0219. The van der Waals surface area contributed by atoms with Gasteiger partial charge in [0.1, 0.15) is 4.83 Å². The third kappa shape index (κ3) is 2.33. The number of aromatic nitrogens is 2. The zero-order valence-corrected chi connectivity index (χ0v) is 9.96. The molecule has 16 heavy (non-hydrogen) atoms. The summed E-state index contributed by atoms with van der Waals surface area (Å²) >= 11 is 3.39. The minimum atomic E-state index is -0.335. The standard InChI is InChI=1S/C12H9BrN2O/c13-11(9-1-5-14-6-2-9)12(16)10-3-7-15-8-4-10/h1-8,11H. The fraction of sp³-hybridized carbons (Fsp3) is 0.0833. The van der Waals surface area contributed by atoms with Gasteiger partial charge in [0.05, 0.1) is 0 Å². The van der Waals surface area contributed by atoms with Crippen molar-refractivity contribution < 1.29 is 4.79 Å². The SMILES string of the molecule is O=C(c1ccncc1)C(Br)c1ccncc1. The van der Waals surface area contributed by atoms with Crippen molar-refractivity contribution in [1.82, 2.24) is 9.97 Å². The Labute approximate surface area is 102 Å². The average molecular weight is 277 g/mol. The van der Waals surface area contributed by atoms with Crippen molar-refractivity contribution in [3.05, 3.63) is 60.2 Å². The molecule has 0 saturated carbocycles. The normalized spacial score (nSPS) is 12.1. The molecular formula is C12H9BrN2O. The van der Waals surface area contributed by atoms with Crippen LogP contribution in [0.3, 0.4) is 0 Å². The van der Waals surface area contributed by atoms with Crippen LogP contribution in [0.5, 0.6) is 0 Å². The summed E-state index contributed by atoms with van der Waals surface area (Å²) < 4.78 is 0. The molecule has 2 aromatic rings. The number of ketones is 1. The second kappa shape index (κ2) is 4.99. The van der Waals surface area contributed by atoms with Crippen LogP contribution >= 0.6 is 15.9 Å². The number of hydrogen-bond acceptors (Lipinski definition) is 3. The van der Waals surface area contributed by atoms with Crippen molar-refractivity contribution in [3.8, 4) is 0 Å². The molecule has 80 valence electrons. The monoisotopic (exact) mass is 276 g/mol. The predicted octanol–water partition coefficient (Wildman–Crippen LogP) is 2.80. The van der Waals surface area contributed by atoms with E-state index in [1.165, 1.54) is 0 Å². The van der Waals surface area contributed by atoms with Crippen molar-refractivity contribution in [3.63, 3.8) is 0 Å². The summed E-state index contributed by atoms with van der Waals surface area (Å²) in [6.45, 7) is 0. The summed E-state index contributed by atoms with van der Waals surface area (Å²) in [6.07, 6.45) is 6.56. The molecule has 0 saturated heterocycles. The number of pyridine rings is 2. The number of alkyl halides is 1. The van der Waals surface area contributed by atoms with Gasteiger partial charge in [-0.1, -0.05) is 15.9 Å². The van der Waals surface area contributed by atoms with Gasteiger partial charge in [-0.05, 0) is 29.8 Å². The maximum absolute atomic E-state index is 12.1. The summed E-state index contributed by atoms with van der Waals surface area (Å²) in [6, 6.07) is 7.05. The van der Waals surface area contributed by atoms with E-state index in [2.05, 4.69) is 25.9 Å². The van der Waals surface area contributed by atoms with Gasteiger partial charge in [0.2, 0.25) is 0 Å². The van der Waals surface area contributed by atoms with Crippen molar-refractivity contribution in [2.75, 3.05) is 0 Å². The fourth-order valence-corrected chi connectivity index (χ4v) is 1.92. The molecule has 0 bridgehead atoms. The second-order valence-corrected chi connectivity index (χ2v) is 4.16. The van der Waals surface area contributed by atoms with Crippen LogP contribution < -0.4 is 0 Å². The molecule has 1 unspecified atom stereocenters. The van der Waals surface area contributed by atoms with Crippen LogP contribution in [-0.4, -0.2) is 15.8 Å². The molecule has 2 heterocycles. The van der Waals surface area contributed by atoms with E-state index in [0.717, 1.165) is 5.56 Å². The van der Waals surface area contributed by atoms with E-state index < -0.39 is 0 Å². The van der Waals surface area contributed by atoms with Crippen molar-refractivity contribution >= 4 is 21.7 Å². The Morgan fingerprint density at radius 3 is 2.06 bits per heavy atom. The lowest BCUT2D eigenvalue weighted by molar-refractivity contribution is 0.0991. The molecule has 0 fully saturated rings. The van der Waals surface area contributed by atoms with Gasteiger partial charge >= 0.3 is 0 Å². The smallest absolute Gasteiger partial charge is 0.181 e. The molecule has 0 amide bonds. The highest BCUT2D eigenvalue weighted by atomic mass is 79.9. The van der Waals surface area contributed by atoms with Gasteiger partial charge in [-0.2, -0.15) is 0 Å². The van der Waals surface area contributed by atoms with Crippen LogP contribution in [0.25, 0.3) is 0 Å². The quantitative estimate of drug-likeness (QED) is 0.640. The molecule has 0 aliphatic heterocycles. The van der Waals surface area contributed by atoms with Gasteiger partial charge in [0.15, 0.2) is 5.78 Å². The van der Waals surface area contributed by atoms with Crippen LogP contribution in [0.2, 0.25) is 0 Å². The number of carbonyl (C=O) groups excluding carboxylic acids is 1. The van der Waals surface area contributed by atoms with Gasteiger partial charge in [0, 0.05) is 30.4 Å². The van der Waals surface area contributed by atoms with Crippen LogP contribution in [0.15, 0.2) is 49.1 Å². The molecule has 0 aromatic carbocycles. The maximum Gasteiger partial charge on any atom is 0.181 e. The first-order valence-corrected chi connectivity index (χ1v) is 5.69. The largest absolute Gasteiger partial charge is 0.293 e. The molecular weight excluding hydrogens is 268 g/mol. The molecule has 4 heteroatoms. The third-order valence-electron chi connectivity index (χ3n) is 2.19. The number of nitrogens with zero attached hydrogens (tertiary/aromatic N) is 2. The number of halogens is 1. The second-order valence-electron chi connectivity index (χ2n) is 3.24. The highest BCUT2D eigenvalue weighted by Gasteiger charge is 2.18. The van der Waals surface area contributed by atoms with Gasteiger partial charge in [-0.3, -0.25) is 14.8 Å². The van der Waals surface area contributed by atoms with Crippen molar-refractivity contribution in [2.24, 2.45) is 0 Å². The van der Waals surface area contributed by atoms with E-state index in [-0.39, 0.29) is 10.6 Å². The van der Waals surface area contributed by atoms with E-state index in [9.17, 15) is 4.79 Å². The van der Waals surface area contributed by atoms with Gasteiger partial charge in [0.25, 0.3) is 0 Å². The van der Waals surface area contributed by atoms with Gasteiger partial charge in [-0.25, -0.2) is 0 Å². The first kappa shape index (κ1) is 11.0. The van der Waals surface area contributed by atoms with Crippen LogP contribution in [0.4, 0.5) is 0 Å². The Morgan fingerprint density at radius 2 is 1.50 bits per heavy atom. The highest BCUT2D eigenvalue weighted by Crippen LogP contribution is 2.26. The zero-order valence-electron chi connectivity index (χ0n) is 8.38. The molecule has 0 N–H and O–H groups in total. The molecule has 0 aliphatic rings. The van der Waals surface area contributed by atoms with Crippen LogP contribution in [0.1, 0.15) is 20.7 Å². The van der Waals surface area contributed by atoms with Gasteiger partial charge < -0.3 is 0 Å². The Balaban J connectivity index is 2.24. The molecule has 0 radical (unpaired) electrons. The molecule has 0 aliphatic carbocycles. The molecule has 0 spiro atoms. The lowest BCUT2D eigenvalue weighted by Crippen LogP contribution is -2.07. The van der Waals surface area contributed by atoms with E-state index in [1.807, 2.05) is 12.1 Å². The Bertz CT molecular complexity index is 473. The Morgan fingerprint density at radius 1 is 1.00 bits per heavy atom. The Hall–Kier alpha value is -1.55. The molecule has 1 atom stereocenters. The van der Waals surface area contributed by atoms with E-state index >= 15 is 0 Å². The molecule has 2 aromatic heterocycles. The third-order valence-corrected chi connectivity index (χ3v) is 3.14. The Kier molecular flexibility index (Phi) is 3.41. The van der Waals surface area contributed by atoms with E-state index in [0.29, 0.717) is 5.56 Å². The van der Waals surface area contributed by atoms with E-state index in [4.69, 9.17) is 0 Å². The molecule has 2 rings (SSSR count). The lowest BCUT2D eigenvalue weighted by Gasteiger charge is -2.08. The predicted molar refractivity (Wildman–Crippen MR) is 64.5 cm³/mol. The summed E-state index contributed by atoms with van der Waals surface area (Å²) in [7, 11) is 0. The topological polar surface area (TPSA) is 42.9 Å². The first-order chi connectivity index (χ1) is 7.79. The highest BCUT2D eigenvalue weighted by molar-refractivity contribution is 9.09.